The number of aliphatic hydroxyl groups is 1. The van der Waals surface area contributed by atoms with E-state index in [0.717, 1.165) is 0 Å². The Hall–Kier alpha value is -0.625. The van der Waals surface area contributed by atoms with Crippen molar-refractivity contribution < 1.29 is 19.9 Å². The maximum Gasteiger partial charge on any atom is 0.475 e. The Morgan fingerprint density at radius 2 is 2.06 bits per heavy atom. The van der Waals surface area contributed by atoms with Crippen molar-refractivity contribution in [1.82, 2.24) is 4.90 Å². The third kappa shape index (κ3) is 2.73. The molecule has 1 saturated heterocycles. The number of aliphatic hydroxyl groups excluding tert-OH is 1. The number of hydrogen-bond acceptors (Lipinski definition) is 5. The molecule has 3 atom stereocenters. The van der Waals surface area contributed by atoms with Gasteiger partial charge in [0.25, 0.3) is 0 Å². The van der Waals surface area contributed by atoms with Crippen molar-refractivity contribution in [1.29, 1.82) is 0 Å². The Morgan fingerprint density at radius 3 is 2.50 bits per heavy atom. The lowest BCUT2D eigenvalue weighted by Crippen LogP contribution is -2.52. The fraction of sp³-hybridized carbons (Fsp3) is 0.889. The van der Waals surface area contributed by atoms with Gasteiger partial charge in [0.1, 0.15) is 0 Å². The molecule has 0 unspecified atom stereocenters. The lowest BCUT2D eigenvalue weighted by molar-refractivity contribution is -0.133. The van der Waals surface area contributed by atoms with Gasteiger partial charge in [-0.15, -0.1) is 0 Å². The minimum atomic E-state index is -1.64. The van der Waals surface area contributed by atoms with Crippen LogP contribution >= 0.6 is 0 Å². The molecule has 0 aromatic heterocycles. The van der Waals surface area contributed by atoms with Gasteiger partial charge in [-0.1, -0.05) is 13.8 Å². The van der Waals surface area contributed by atoms with Gasteiger partial charge in [-0.25, -0.2) is 0 Å². The summed E-state index contributed by atoms with van der Waals surface area (Å²) in [7, 11) is -1.64. The molecule has 1 aliphatic heterocycles. The summed E-state index contributed by atoms with van der Waals surface area (Å²) < 4.78 is 0. The van der Waals surface area contributed by atoms with Gasteiger partial charge in [0.15, 0.2) is 0 Å². The Balaban J connectivity index is 2.74. The van der Waals surface area contributed by atoms with Gasteiger partial charge in [0.2, 0.25) is 5.91 Å². The molecule has 16 heavy (non-hydrogen) atoms. The van der Waals surface area contributed by atoms with Gasteiger partial charge < -0.3 is 25.8 Å². The molecule has 0 radical (unpaired) electrons. The van der Waals surface area contributed by atoms with E-state index >= 15 is 0 Å². The zero-order valence-electron chi connectivity index (χ0n) is 9.58. The van der Waals surface area contributed by atoms with E-state index in [1.807, 2.05) is 13.8 Å². The number of nitrogens with zero attached hydrogens (tertiary/aromatic N) is 1. The van der Waals surface area contributed by atoms with Crippen LogP contribution in [0.4, 0.5) is 0 Å². The summed E-state index contributed by atoms with van der Waals surface area (Å²) in [6, 6.07) is -0.674. The average Bonchev–Trinajstić information content (AvgIpc) is 2.58. The van der Waals surface area contributed by atoms with Gasteiger partial charge in [-0.2, -0.15) is 0 Å². The number of hydrogen-bond donors (Lipinski definition) is 4. The van der Waals surface area contributed by atoms with E-state index in [9.17, 15) is 9.90 Å². The monoisotopic (exact) mass is 230 g/mol. The van der Waals surface area contributed by atoms with E-state index in [1.54, 1.807) is 0 Å². The van der Waals surface area contributed by atoms with Crippen LogP contribution in [0.25, 0.3) is 0 Å². The number of nitrogens with two attached hydrogens (primary N) is 1. The number of likely N-dealkylation sites (tertiary alicyclic amines) is 1. The van der Waals surface area contributed by atoms with Gasteiger partial charge in [-0.3, -0.25) is 4.79 Å². The lowest BCUT2D eigenvalue weighted by atomic mass is 9.77. The van der Waals surface area contributed by atoms with Gasteiger partial charge in [0.05, 0.1) is 18.1 Å². The standard InChI is InChI=1S/C9H19BN2O4/c1-5(2)8(11)9(14)12-4-6(13)3-7(12)10(15)16/h5-8,13,15-16H,3-4,11H2,1-2H3/t6-,7-,8-/m0/s1. The van der Waals surface area contributed by atoms with E-state index in [1.165, 1.54) is 4.90 Å². The van der Waals surface area contributed by atoms with Crippen LogP contribution in [0.3, 0.4) is 0 Å². The zero-order chi connectivity index (χ0) is 12.5. The summed E-state index contributed by atoms with van der Waals surface area (Å²) in [5.74, 6) is -1.13. The van der Waals surface area contributed by atoms with Gasteiger partial charge >= 0.3 is 7.12 Å². The van der Waals surface area contributed by atoms with Crippen molar-refractivity contribution in [3.63, 3.8) is 0 Å². The number of carbonyl (C=O) groups excluding carboxylic acids is 1. The maximum absolute atomic E-state index is 11.9. The molecule has 6 nitrogen and oxygen atoms in total. The molecule has 0 spiro atoms. The molecule has 1 fully saturated rings. The first-order valence-electron chi connectivity index (χ1n) is 5.44. The Bertz CT molecular complexity index is 262. The summed E-state index contributed by atoms with van der Waals surface area (Å²) in [5.41, 5.74) is 5.71. The van der Waals surface area contributed by atoms with Gasteiger partial charge in [-0.05, 0) is 12.3 Å². The Labute approximate surface area is 95.2 Å². The highest BCUT2D eigenvalue weighted by molar-refractivity contribution is 6.43. The largest absolute Gasteiger partial charge is 0.475 e. The molecule has 0 aliphatic carbocycles. The first kappa shape index (κ1) is 13.4. The first-order chi connectivity index (χ1) is 7.34. The normalized spacial score (nSPS) is 27.3. The SMILES string of the molecule is CC(C)[C@H](N)C(=O)N1C[C@@H](O)C[C@H]1B(O)O. The molecule has 1 amide bonds. The van der Waals surface area contributed by atoms with Crippen molar-refractivity contribution in [3.05, 3.63) is 0 Å². The summed E-state index contributed by atoms with van der Waals surface area (Å²) in [6.07, 6.45) is -0.538. The second-order valence-corrected chi connectivity index (χ2v) is 4.63. The fourth-order valence-corrected chi connectivity index (χ4v) is 1.86. The highest BCUT2D eigenvalue weighted by Crippen LogP contribution is 2.20. The molecule has 7 heteroatoms. The molecular weight excluding hydrogens is 211 g/mol. The quantitative estimate of drug-likeness (QED) is 0.417. The van der Waals surface area contributed by atoms with E-state index < -0.39 is 25.2 Å². The minimum Gasteiger partial charge on any atom is -0.426 e. The van der Waals surface area contributed by atoms with Crippen LogP contribution in [0.1, 0.15) is 20.3 Å². The predicted molar refractivity (Wildman–Crippen MR) is 59.1 cm³/mol. The Morgan fingerprint density at radius 1 is 1.50 bits per heavy atom. The predicted octanol–water partition coefficient (Wildman–Crippen LogP) is -2.06. The fourth-order valence-electron chi connectivity index (χ4n) is 1.86. The van der Waals surface area contributed by atoms with Crippen LogP contribution in [0, 0.1) is 5.92 Å². The third-order valence-electron chi connectivity index (χ3n) is 2.95. The van der Waals surface area contributed by atoms with Gasteiger partial charge in [0, 0.05) is 6.54 Å². The van der Waals surface area contributed by atoms with Crippen molar-refractivity contribution in [2.24, 2.45) is 11.7 Å². The van der Waals surface area contributed by atoms with Crippen LogP contribution < -0.4 is 5.73 Å². The summed E-state index contributed by atoms with van der Waals surface area (Å²) in [5, 5.41) is 27.7. The van der Waals surface area contributed by atoms with E-state index in [-0.39, 0.29) is 24.8 Å². The third-order valence-corrected chi connectivity index (χ3v) is 2.95. The van der Waals surface area contributed by atoms with Crippen LogP contribution in [-0.4, -0.2) is 57.7 Å². The molecular formula is C9H19BN2O4. The number of β-amino-alcohol motifs (C(OH)–C–C–N with tert-alkyl or cyclic N) is 1. The molecule has 0 aromatic carbocycles. The summed E-state index contributed by atoms with van der Waals surface area (Å²) in [4.78, 5) is 13.2. The van der Waals surface area contributed by atoms with E-state index in [2.05, 4.69) is 0 Å². The van der Waals surface area contributed by atoms with E-state index in [4.69, 9.17) is 15.8 Å². The van der Waals surface area contributed by atoms with Crippen molar-refractivity contribution >= 4 is 13.0 Å². The molecule has 0 saturated carbocycles. The Kier molecular flexibility index (Phi) is 4.31. The molecule has 1 heterocycles. The smallest absolute Gasteiger partial charge is 0.426 e. The number of amides is 1. The molecule has 92 valence electrons. The molecule has 1 rings (SSSR count). The van der Waals surface area contributed by atoms with Crippen molar-refractivity contribution in [2.45, 2.75) is 38.4 Å². The van der Waals surface area contributed by atoms with E-state index in [0.29, 0.717) is 0 Å². The lowest BCUT2D eigenvalue weighted by Gasteiger charge is -2.27. The second kappa shape index (κ2) is 5.14. The number of carbonyl (C=O) groups is 1. The van der Waals surface area contributed by atoms with Crippen LogP contribution in [0.15, 0.2) is 0 Å². The van der Waals surface area contributed by atoms with Crippen molar-refractivity contribution in [3.8, 4) is 0 Å². The highest BCUT2D eigenvalue weighted by atomic mass is 16.4. The van der Waals surface area contributed by atoms with Crippen LogP contribution in [-0.2, 0) is 4.79 Å². The summed E-state index contributed by atoms with van der Waals surface area (Å²) >= 11 is 0. The second-order valence-electron chi connectivity index (χ2n) is 4.63. The van der Waals surface area contributed by atoms with Crippen molar-refractivity contribution in [2.75, 3.05) is 6.54 Å². The minimum absolute atomic E-state index is 0.0262. The topological polar surface area (TPSA) is 107 Å². The molecule has 0 bridgehead atoms. The van der Waals surface area contributed by atoms with Crippen LogP contribution in [0.5, 0.6) is 0 Å². The number of rotatable bonds is 3. The zero-order valence-corrected chi connectivity index (χ0v) is 9.58. The van der Waals surface area contributed by atoms with Crippen LogP contribution in [0.2, 0.25) is 0 Å². The molecule has 1 aliphatic rings. The molecule has 5 N–H and O–H groups in total. The molecule has 0 aromatic rings. The maximum atomic E-state index is 11.9. The summed E-state index contributed by atoms with van der Waals surface area (Å²) in [6.45, 7) is 3.75. The first-order valence-corrected chi connectivity index (χ1v) is 5.44. The highest BCUT2D eigenvalue weighted by Gasteiger charge is 2.42. The average molecular weight is 230 g/mol.